The topological polar surface area (TPSA) is 118 Å². The smallest absolute Gasteiger partial charge is 0.373 e. The fourth-order valence-corrected chi connectivity index (χ4v) is 2.46. The van der Waals surface area contributed by atoms with Crippen LogP contribution in [0.3, 0.4) is 0 Å². The van der Waals surface area contributed by atoms with Crippen molar-refractivity contribution in [3.63, 3.8) is 0 Å². The van der Waals surface area contributed by atoms with Gasteiger partial charge in [0.15, 0.2) is 0 Å². The van der Waals surface area contributed by atoms with Crippen LogP contribution >= 0.6 is 0 Å². The molecule has 0 bridgehead atoms. The number of hydrogen-bond acceptors (Lipinski definition) is 7. The highest BCUT2D eigenvalue weighted by molar-refractivity contribution is 5.86. The second kappa shape index (κ2) is 7.39. The molecule has 4 N–H and O–H groups in total. The van der Waals surface area contributed by atoms with Gasteiger partial charge in [-0.2, -0.15) is 0 Å². The number of carbonyl (C=O) groups is 2. The maximum absolute atomic E-state index is 11.9. The van der Waals surface area contributed by atoms with Crippen molar-refractivity contribution < 1.29 is 23.8 Å². The Morgan fingerprint density at radius 3 is 2.95 bits per heavy atom. The number of aliphatic hydroxyl groups is 1. The van der Waals surface area contributed by atoms with Gasteiger partial charge in [-0.3, -0.25) is 9.69 Å². The van der Waals surface area contributed by atoms with E-state index >= 15 is 0 Å². The van der Waals surface area contributed by atoms with Crippen LogP contribution < -0.4 is 11.1 Å². The highest BCUT2D eigenvalue weighted by atomic mass is 16.5. The van der Waals surface area contributed by atoms with E-state index in [1.807, 2.05) is 4.90 Å². The fraction of sp³-hybridized carbons (Fsp3) is 0.571. The first-order chi connectivity index (χ1) is 10.5. The zero-order valence-corrected chi connectivity index (χ0v) is 12.4. The van der Waals surface area contributed by atoms with Crippen LogP contribution in [0.4, 0.5) is 0 Å². The molecule has 1 amide bonds. The number of nitrogens with two attached hydrogens (primary N) is 1. The maximum atomic E-state index is 11.9. The molecular formula is C14H21N3O5. The average molecular weight is 311 g/mol. The van der Waals surface area contributed by atoms with Crippen LogP contribution in [0.2, 0.25) is 0 Å². The standard InChI is InChI=1S/C14H21N3O5/c1-21-14(20)12-3-2-11(22-12)5-16-13(19)8-17-6-9(15)4-10(18)7-17/h2-3,9-10,18H,4-8,15H2,1H3,(H,16,19)/t9-,10+/m0/s1. The van der Waals surface area contributed by atoms with E-state index in [0.29, 0.717) is 25.3 Å². The number of furan rings is 1. The summed E-state index contributed by atoms with van der Waals surface area (Å²) < 4.78 is 9.78. The lowest BCUT2D eigenvalue weighted by Crippen LogP contribution is -2.51. The number of β-amino-alcohol motifs (C(OH)–C–C–N with tert-alkyl or cyclic N) is 1. The minimum absolute atomic E-state index is 0.0943. The Kier molecular flexibility index (Phi) is 5.53. The van der Waals surface area contributed by atoms with Gasteiger partial charge in [0.05, 0.1) is 26.3 Å². The molecule has 0 radical (unpaired) electrons. The Balaban J connectivity index is 1.78. The summed E-state index contributed by atoms with van der Waals surface area (Å²) in [6.45, 7) is 1.36. The molecule has 0 spiro atoms. The van der Waals surface area contributed by atoms with Crippen LogP contribution in [0.1, 0.15) is 22.7 Å². The number of nitrogens with zero attached hydrogens (tertiary/aromatic N) is 1. The molecule has 2 heterocycles. The van der Waals surface area contributed by atoms with Crippen molar-refractivity contribution in [2.75, 3.05) is 26.7 Å². The zero-order chi connectivity index (χ0) is 16.1. The molecule has 2 atom stereocenters. The van der Waals surface area contributed by atoms with Crippen molar-refractivity contribution in [2.45, 2.75) is 25.1 Å². The van der Waals surface area contributed by atoms with E-state index in [1.54, 1.807) is 6.07 Å². The lowest BCUT2D eigenvalue weighted by molar-refractivity contribution is -0.123. The number of aliphatic hydroxyl groups excluding tert-OH is 1. The van der Waals surface area contributed by atoms with E-state index in [4.69, 9.17) is 10.2 Å². The third kappa shape index (κ3) is 4.55. The largest absolute Gasteiger partial charge is 0.463 e. The Hall–Kier alpha value is -1.90. The number of amides is 1. The lowest BCUT2D eigenvalue weighted by atomic mass is 10.0. The van der Waals surface area contributed by atoms with Gasteiger partial charge >= 0.3 is 5.97 Å². The summed E-state index contributed by atoms with van der Waals surface area (Å²) in [5.74, 6) is -0.202. The van der Waals surface area contributed by atoms with Crippen molar-refractivity contribution in [3.05, 3.63) is 23.7 Å². The first-order valence-electron chi connectivity index (χ1n) is 7.07. The van der Waals surface area contributed by atoms with Crippen LogP contribution in [0, 0.1) is 0 Å². The number of esters is 1. The van der Waals surface area contributed by atoms with Crippen molar-refractivity contribution >= 4 is 11.9 Å². The number of likely N-dealkylation sites (tertiary alicyclic amines) is 1. The molecule has 0 saturated carbocycles. The van der Waals surface area contributed by atoms with Crippen molar-refractivity contribution in [2.24, 2.45) is 5.73 Å². The minimum atomic E-state index is -0.561. The van der Waals surface area contributed by atoms with Gasteiger partial charge in [-0.25, -0.2) is 4.79 Å². The minimum Gasteiger partial charge on any atom is -0.463 e. The summed E-state index contributed by atoms with van der Waals surface area (Å²) in [7, 11) is 1.27. The number of methoxy groups -OCH3 is 1. The van der Waals surface area contributed by atoms with Crippen LogP contribution in [-0.2, 0) is 16.1 Å². The predicted molar refractivity (Wildman–Crippen MR) is 76.9 cm³/mol. The molecule has 8 heteroatoms. The molecule has 0 aromatic carbocycles. The number of piperidine rings is 1. The third-order valence-electron chi connectivity index (χ3n) is 3.41. The van der Waals surface area contributed by atoms with Gasteiger partial charge in [0.25, 0.3) is 0 Å². The highest BCUT2D eigenvalue weighted by Crippen LogP contribution is 2.10. The summed E-state index contributed by atoms with van der Waals surface area (Å²) in [5, 5.41) is 12.3. The summed E-state index contributed by atoms with van der Waals surface area (Å²) in [4.78, 5) is 24.9. The van der Waals surface area contributed by atoms with E-state index < -0.39 is 12.1 Å². The fourth-order valence-electron chi connectivity index (χ4n) is 2.46. The van der Waals surface area contributed by atoms with Gasteiger partial charge in [-0.15, -0.1) is 0 Å². The van der Waals surface area contributed by atoms with E-state index in [0.717, 1.165) is 0 Å². The maximum Gasteiger partial charge on any atom is 0.373 e. The summed E-state index contributed by atoms with van der Waals surface area (Å²) in [5.41, 5.74) is 5.81. The Morgan fingerprint density at radius 2 is 2.27 bits per heavy atom. The molecule has 1 aliphatic rings. The Morgan fingerprint density at radius 1 is 1.50 bits per heavy atom. The van der Waals surface area contributed by atoms with Crippen molar-refractivity contribution in [1.82, 2.24) is 10.2 Å². The molecule has 2 rings (SSSR count). The molecular weight excluding hydrogens is 290 g/mol. The molecule has 1 aromatic rings. The molecule has 0 aliphatic carbocycles. The number of ether oxygens (including phenoxy) is 1. The number of carbonyl (C=O) groups excluding carboxylic acids is 2. The second-order valence-corrected chi connectivity index (χ2v) is 5.38. The molecule has 1 saturated heterocycles. The quantitative estimate of drug-likeness (QED) is 0.602. The van der Waals surface area contributed by atoms with Gasteiger partial charge in [0, 0.05) is 19.1 Å². The zero-order valence-electron chi connectivity index (χ0n) is 12.4. The van der Waals surface area contributed by atoms with E-state index in [-0.39, 0.29) is 30.8 Å². The number of nitrogens with one attached hydrogen (secondary N) is 1. The van der Waals surface area contributed by atoms with Gasteiger partial charge < -0.3 is 25.3 Å². The van der Waals surface area contributed by atoms with Gasteiger partial charge in [-0.05, 0) is 18.6 Å². The first-order valence-corrected chi connectivity index (χ1v) is 7.07. The van der Waals surface area contributed by atoms with Crippen molar-refractivity contribution in [3.8, 4) is 0 Å². The van der Waals surface area contributed by atoms with E-state index in [9.17, 15) is 14.7 Å². The molecule has 1 fully saturated rings. The van der Waals surface area contributed by atoms with Crippen molar-refractivity contribution in [1.29, 1.82) is 0 Å². The Bertz CT molecular complexity index is 520. The van der Waals surface area contributed by atoms with E-state index in [1.165, 1.54) is 13.2 Å². The molecule has 1 aliphatic heterocycles. The summed E-state index contributed by atoms with van der Waals surface area (Å²) in [6.07, 6.45) is 0.0603. The van der Waals surface area contributed by atoms with Crippen LogP contribution in [0.5, 0.6) is 0 Å². The molecule has 22 heavy (non-hydrogen) atoms. The summed E-state index contributed by atoms with van der Waals surface area (Å²) in [6, 6.07) is 2.98. The molecule has 122 valence electrons. The normalized spacial score (nSPS) is 22.3. The van der Waals surface area contributed by atoms with Crippen LogP contribution in [-0.4, -0.2) is 60.8 Å². The SMILES string of the molecule is COC(=O)c1ccc(CNC(=O)CN2C[C@@H](N)C[C@@H](O)C2)o1. The highest BCUT2D eigenvalue weighted by Gasteiger charge is 2.24. The Labute approximate surface area is 128 Å². The molecule has 1 aromatic heterocycles. The second-order valence-electron chi connectivity index (χ2n) is 5.38. The van der Waals surface area contributed by atoms with Crippen LogP contribution in [0.25, 0.3) is 0 Å². The molecule has 0 unspecified atom stereocenters. The summed E-state index contributed by atoms with van der Waals surface area (Å²) >= 11 is 0. The molecule has 8 nitrogen and oxygen atoms in total. The van der Waals surface area contributed by atoms with Crippen LogP contribution in [0.15, 0.2) is 16.5 Å². The van der Waals surface area contributed by atoms with Gasteiger partial charge in [0.1, 0.15) is 5.76 Å². The third-order valence-corrected chi connectivity index (χ3v) is 3.41. The number of hydrogen-bond donors (Lipinski definition) is 3. The van der Waals surface area contributed by atoms with Gasteiger partial charge in [0.2, 0.25) is 11.7 Å². The first kappa shape index (κ1) is 16.5. The lowest BCUT2D eigenvalue weighted by Gasteiger charge is -2.33. The number of rotatable bonds is 5. The average Bonchev–Trinajstić information content (AvgIpc) is 2.92. The van der Waals surface area contributed by atoms with E-state index in [2.05, 4.69) is 10.1 Å². The monoisotopic (exact) mass is 311 g/mol. The predicted octanol–water partition coefficient (Wildman–Crippen LogP) is -0.924. The van der Waals surface area contributed by atoms with Gasteiger partial charge in [-0.1, -0.05) is 0 Å².